The summed E-state index contributed by atoms with van der Waals surface area (Å²) in [6.45, 7) is 8.37. The average Bonchev–Trinajstić information content (AvgIpc) is 2.59. The molecule has 2 rings (SSSR count). The van der Waals surface area contributed by atoms with E-state index in [1.165, 1.54) is 7.05 Å². The minimum Gasteiger partial charge on any atom is -0.433 e. The van der Waals surface area contributed by atoms with Gasteiger partial charge in [-0.05, 0) is 24.7 Å². The molecule has 0 saturated carbocycles. The lowest BCUT2D eigenvalue weighted by molar-refractivity contribution is -0.168. The molecule has 0 aromatic rings. The maximum atomic E-state index is 12.0. The van der Waals surface area contributed by atoms with Gasteiger partial charge in [0.05, 0.1) is 6.10 Å². The van der Waals surface area contributed by atoms with Gasteiger partial charge in [0.15, 0.2) is 0 Å². The molecule has 0 aromatic carbocycles. The fourth-order valence-electron chi connectivity index (χ4n) is 2.77. The van der Waals surface area contributed by atoms with Crippen LogP contribution in [-0.2, 0) is 14.3 Å². The van der Waals surface area contributed by atoms with E-state index in [-0.39, 0.29) is 24.0 Å². The van der Waals surface area contributed by atoms with Crippen molar-refractivity contribution in [2.75, 3.05) is 7.05 Å². The third-order valence-corrected chi connectivity index (χ3v) is 4.66. The largest absolute Gasteiger partial charge is 0.433 e. The Morgan fingerprint density at radius 3 is 2.11 bits per heavy atom. The van der Waals surface area contributed by atoms with Gasteiger partial charge < -0.3 is 9.47 Å². The van der Waals surface area contributed by atoms with Crippen molar-refractivity contribution < 1.29 is 19.1 Å². The van der Waals surface area contributed by atoms with Gasteiger partial charge >= 0.3 is 6.09 Å². The van der Waals surface area contributed by atoms with Crippen LogP contribution in [0.5, 0.6) is 0 Å². The Morgan fingerprint density at radius 2 is 1.61 bits per heavy atom. The average molecular weight is 255 g/mol. The van der Waals surface area contributed by atoms with Gasteiger partial charge in [0, 0.05) is 7.05 Å². The number of carbonyl (C=O) groups is 2. The van der Waals surface area contributed by atoms with Crippen molar-refractivity contribution in [3.8, 4) is 0 Å². The molecule has 6 unspecified atom stereocenters. The Morgan fingerprint density at radius 1 is 1.00 bits per heavy atom. The SMILES string of the molecule is CC1OC(C2OC(=O)N(C)C2=O)C(C)C(C)C1C. The molecular formula is C13H21NO4. The molecule has 2 saturated heterocycles. The van der Waals surface area contributed by atoms with Gasteiger partial charge in [0.2, 0.25) is 6.10 Å². The van der Waals surface area contributed by atoms with Gasteiger partial charge in [-0.15, -0.1) is 0 Å². The number of carbonyl (C=O) groups excluding carboxylic acids is 2. The van der Waals surface area contributed by atoms with Crippen LogP contribution in [0.2, 0.25) is 0 Å². The highest BCUT2D eigenvalue weighted by Gasteiger charge is 2.50. The van der Waals surface area contributed by atoms with E-state index in [2.05, 4.69) is 20.8 Å². The Balaban J connectivity index is 2.18. The highest BCUT2D eigenvalue weighted by atomic mass is 16.6. The number of rotatable bonds is 1. The number of nitrogens with zero attached hydrogens (tertiary/aromatic N) is 1. The van der Waals surface area contributed by atoms with Crippen LogP contribution >= 0.6 is 0 Å². The number of imide groups is 1. The van der Waals surface area contributed by atoms with Gasteiger partial charge in [-0.3, -0.25) is 4.79 Å². The van der Waals surface area contributed by atoms with E-state index < -0.39 is 12.2 Å². The second-order valence-corrected chi connectivity index (χ2v) is 5.58. The van der Waals surface area contributed by atoms with E-state index in [1.807, 2.05) is 6.92 Å². The molecule has 102 valence electrons. The predicted molar refractivity (Wildman–Crippen MR) is 64.9 cm³/mol. The van der Waals surface area contributed by atoms with E-state index in [0.29, 0.717) is 11.8 Å². The quantitative estimate of drug-likeness (QED) is 0.715. The minimum absolute atomic E-state index is 0.0682. The highest BCUT2D eigenvalue weighted by Crippen LogP contribution is 2.38. The molecule has 0 spiro atoms. The fourth-order valence-corrected chi connectivity index (χ4v) is 2.77. The van der Waals surface area contributed by atoms with Gasteiger partial charge in [0.1, 0.15) is 6.10 Å². The second-order valence-electron chi connectivity index (χ2n) is 5.58. The first-order chi connectivity index (χ1) is 8.34. The van der Waals surface area contributed by atoms with Crippen molar-refractivity contribution >= 4 is 12.0 Å². The van der Waals surface area contributed by atoms with E-state index in [0.717, 1.165) is 4.90 Å². The molecule has 2 amide bonds. The lowest BCUT2D eigenvalue weighted by Crippen LogP contribution is -2.51. The smallest absolute Gasteiger partial charge is 0.417 e. The molecule has 18 heavy (non-hydrogen) atoms. The van der Waals surface area contributed by atoms with Crippen LogP contribution in [0.1, 0.15) is 27.7 Å². The maximum Gasteiger partial charge on any atom is 0.417 e. The van der Waals surface area contributed by atoms with Crippen LogP contribution < -0.4 is 0 Å². The molecule has 0 N–H and O–H groups in total. The summed E-state index contributed by atoms with van der Waals surface area (Å²) in [6.07, 6.45) is -1.64. The zero-order valence-corrected chi connectivity index (χ0v) is 11.5. The number of hydrogen-bond donors (Lipinski definition) is 0. The summed E-state index contributed by atoms with van der Waals surface area (Å²) in [5.41, 5.74) is 0. The van der Waals surface area contributed by atoms with Crippen LogP contribution in [0.25, 0.3) is 0 Å². The zero-order chi connectivity index (χ0) is 13.6. The number of hydrogen-bond acceptors (Lipinski definition) is 4. The zero-order valence-electron chi connectivity index (χ0n) is 11.5. The fraction of sp³-hybridized carbons (Fsp3) is 0.846. The van der Waals surface area contributed by atoms with Crippen LogP contribution in [0.4, 0.5) is 4.79 Å². The summed E-state index contributed by atoms with van der Waals surface area (Å²) in [5.74, 6) is 0.743. The van der Waals surface area contributed by atoms with E-state index >= 15 is 0 Å². The molecule has 6 atom stereocenters. The Kier molecular flexibility index (Phi) is 3.36. The first-order valence-electron chi connectivity index (χ1n) is 6.48. The summed E-state index contributed by atoms with van der Waals surface area (Å²) in [4.78, 5) is 24.4. The first kappa shape index (κ1) is 13.3. The first-order valence-corrected chi connectivity index (χ1v) is 6.48. The molecule has 2 fully saturated rings. The molecular weight excluding hydrogens is 234 g/mol. The minimum atomic E-state index is -0.783. The molecule has 0 aliphatic carbocycles. The molecule has 0 bridgehead atoms. The lowest BCUT2D eigenvalue weighted by Gasteiger charge is -2.43. The van der Waals surface area contributed by atoms with Crippen LogP contribution in [-0.4, -0.2) is 42.3 Å². The molecule has 0 radical (unpaired) electrons. The van der Waals surface area contributed by atoms with Crippen molar-refractivity contribution in [2.24, 2.45) is 17.8 Å². The van der Waals surface area contributed by atoms with E-state index in [1.54, 1.807) is 0 Å². The summed E-state index contributed by atoms with van der Waals surface area (Å²) >= 11 is 0. The molecule has 2 heterocycles. The molecule has 2 aliphatic heterocycles. The van der Waals surface area contributed by atoms with E-state index in [4.69, 9.17) is 9.47 Å². The van der Waals surface area contributed by atoms with Crippen molar-refractivity contribution in [1.82, 2.24) is 4.90 Å². The van der Waals surface area contributed by atoms with E-state index in [9.17, 15) is 9.59 Å². The Hall–Kier alpha value is -1.10. The number of cyclic esters (lactones) is 1. The third kappa shape index (κ3) is 1.90. The molecule has 2 aliphatic rings. The highest BCUT2D eigenvalue weighted by molar-refractivity contribution is 6.00. The third-order valence-electron chi connectivity index (χ3n) is 4.66. The van der Waals surface area contributed by atoms with Gasteiger partial charge in [-0.25, -0.2) is 9.69 Å². The second kappa shape index (κ2) is 4.53. The van der Waals surface area contributed by atoms with Crippen LogP contribution in [0, 0.1) is 17.8 Å². The van der Waals surface area contributed by atoms with Crippen molar-refractivity contribution in [3.05, 3.63) is 0 Å². The lowest BCUT2D eigenvalue weighted by atomic mass is 9.75. The van der Waals surface area contributed by atoms with Crippen molar-refractivity contribution in [2.45, 2.75) is 46.0 Å². The molecule has 5 nitrogen and oxygen atoms in total. The normalized spacial score (nSPS) is 45.3. The molecule has 5 heteroatoms. The van der Waals surface area contributed by atoms with Gasteiger partial charge in [-0.2, -0.15) is 0 Å². The van der Waals surface area contributed by atoms with Gasteiger partial charge in [-0.1, -0.05) is 20.8 Å². The van der Waals surface area contributed by atoms with Crippen molar-refractivity contribution in [3.63, 3.8) is 0 Å². The molecule has 0 aromatic heterocycles. The Labute approximate surface area is 107 Å². The summed E-state index contributed by atoms with van der Waals surface area (Å²) in [5, 5.41) is 0. The standard InChI is InChI=1S/C13H21NO4/c1-6-7(2)9(4)17-10(8(6)3)11-12(15)14(5)13(16)18-11/h6-11H,1-5H3. The summed E-state index contributed by atoms with van der Waals surface area (Å²) in [7, 11) is 1.44. The topological polar surface area (TPSA) is 55.8 Å². The number of ether oxygens (including phenoxy) is 2. The number of amides is 2. The van der Waals surface area contributed by atoms with Crippen LogP contribution in [0.15, 0.2) is 0 Å². The van der Waals surface area contributed by atoms with Crippen molar-refractivity contribution in [1.29, 1.82) is 0 Å². The maximum absolute atomic E-state index is 12.0. The number of likely N-dealkylation sites (N-methyl/N-ethyl adjacent to an activating group) is 1. The monoisotopic (exact) mass is 255 g/mol. The van der Waals surface area contributed by atoms with Gasteiger partial charge in [0.25, 0.3) is 5.91 Å². The summed E-state index contributed by atoms with van der Waals surface area (Å²) < 4.78 is 11.0. The summed E-state index contributed by atoms with van der Waals surface area (Å²) in [6, 6.07) is 0. The van der Waals surface area contributed by atoms with Crippen LogP contribution in [0.3, 0.4) is 0 Å². The predicted octanol–water partition coefficient (Wildman–Crippen LogP) is 1.66. The Bertz CT molecular complexity index is 370.